The number of hydrogen-bond donors (Lipinski definition) is 2. The standard InChI is InChI=1S/C12H21N3O2/c1-8(2)5-14-11(16)7-13-10(4)12-15-6-9(3)17-12/h6,8,10,13H,5,7H2,1-4H3,(H,14,16). The minimum atomic E-state index is -0.0616. The van der Waals surface area contributed by atoms with Crippen molar-refractivity contribution in [3.05, 3.63) is 17.8 Å². The van der Waals surface area contributed by atoms with E-state index in [1.54, 1.807) is 6.20 Å². The summed E-state index contributed by atoms with van der Waals surface area (Å²) >= 11 is 0. The van der Waals surface area contributed by atoms with Gasteiger partial charge in [-0.1, -0.05) is 13.8 Å². The molecular formula is C12H21N3O2. The molecule has 0 fully saturated rings. The normalized spacial score (nSPS) is 12.8. The number of carbonyl (C=O) groups excluding carboxylic acids is 1. The highest BCUT2D eigenvalue weighted by Gasteiger charge is 2.12. The van der Waals surface area contributed by atoms with Gasteiger partial charge in [0.25, 0.3) is 0 Å². The van der Waals surface area contributed by atoms with Crippen molar-refractivity contribution in [2.75, 3.05) is 13.1 Å². The molecule has 0 aliphatic carbocycles. The first kappa shape index (κ1) is 13.7. The van der Waals surface area contributed by atoms with Crippen LogP contribution in [0.3, 0.4) is 0 Å². The van der Waals surface area contributed by atoms with Crippen molar-refractivity contribution in [2.45, 2.75) is 33.7 Å². The van der Waals surface area contributed by atoms with E-state index in [0.29, 0.717) is 18.4 Å². The van der Waals surface area contributed by atoms with Crippen LogP contribution in [0.1, 0.15) is 38.5 Å². The fourth-order valence-electron chi connectivity index (χ4n) is 1.29. The first-order chi connectivity index (χ1) is 7.99. The summed E-state index contributed by atoms with van der Waals surface area (Å²) < 4.78 is 5.37. The molecule has 1 aromatic heterocycles. The fourth-order valence-corrected chi connectivity index (χ4v) is 1.29. The fraction of sp³-hybridized carbons (Fsp3) is 0.667. The van der Waals surface area contributed by atoms with E-state index in [1.165, 1.54) is 0 Å². The lowest BCUT2D eigenvalue weighted by Gasteiger charge is -2.11. The van der Waals surface area contributed by atoms with Crippen LogP contribution in [-0.4, -0.2) is 24.0 Å². The van der Waals surface area contributed by atoms with Gasteiger partial charge in [0.05, 0.1) is 18.8 Å². The minimum absolute atomic E-state index is 0.00571. The number of nitrogens with zero attached hydrogens (tertiary/aromatic N) is 1. The van der Waals surface area contributed by atoms with Crippen molar-refractivity contribution in [3.63, 3.8) is 0 Å². The van der Waals surface area contributed by atoms with Crippen LogP contribution >= 0.6 is 0 Å². The number of rotatable bonds is 6. The third kappa shape index (κ3) is 4.99. The zero-order chi connectivity index (χ0) is 12.8. The Bertz CT molecular complexity index is 360. The Hall–Kier alpha value is -1.36. The first-order valence-electron chi connectivity index (χ1n) is 5.91. The maximum atomic E-state index is 11.5. The van der Waals surface area contributed by atoms with Gasteiger partial charge in [-0.3, -0.25) is 10.1 Å². The summed E-state index contributed by atoms with van der Waals surface area (Å²) in [5.74, 6) is 1.84. The summed E-state index contributed by atoms with van der Waals surface area (Å²) in [4.78, 5) is 15.6. The summed E-state index contributed by atoms with van der Waals surface area (Å²) in [6, 6.07) is -0.0616. The number of carbonyl (C=O) groups is 1. The predicted molar refractivity (Wildman–Crippen MR) is 65.5 cm³/mol. The monoisotopic (exact) mass is 239 g/mol. The maximum Gasteiger partial charge on any atom is 0.233 e. The SMILES string of the molecule is Cc1cnc(C(C)NCC(=O)NCC(C)C)o1. The van der Waals surface area contributed by atoms with E-state index in [4.69, 9.17) is 4.42 Å². The average Bonchev–Trinajstić information content (AvgIpc) is 2.70. The van der Waals surface area contributed by atoms with Crippen LogP contribution in [0.25, 0.3) is 0 Å². The molecule has 1 rings (SSSR count). The highest BCUT2D eigenvalue weighted by molar-refractivity contribution is 5.77. The molecule has 0 radical (unpaired) electrons. The molecule has 1 amide bonds. The molecule has 5 nitrogen and oxygen atoms in total. The zero-order valence-corrected chi connectivity index (χ0v) is 10.9. The number of nitrogens with one attached hydrogen (secondary N) is 2. The van der Waals surface area contributed by atoms with Gasteiger partial charge < -0.3 is 9.73 Å². The Kier molecular flexibility index (Phi) is 5.15. The smallest absolute Gasteiger partial charge is 0.233 e. The molecule has 0 bridgehead atoms. The third-order valence-electron chi connectivity index (χ3n) is 2.29. The second-order valence-corrected chi connectivity index (χ2v) is 4.61. The van der Waals surface area contributed by atoms with Crippen LogP contribution < -0.4 is 10.6 Å². The van der Waals surface area contributed by atoms with E-state index in [0.717, 1.165) is 5.76 Å². The lowest BCUT2D eigenvalue weighted by atomic mass is 10.2. The van der Waals surface area contributed by atoms with Crippen molar-refractivity contribution in [1.82, 2.24) is 15.6 Å². The van der Waals surface area contributed by atoms with E-state index in [2.05, 4.69) is 29.5 Å². The molecule has 0 saturated heterocycles. The molecule has 1 unspecified atom stereocenters. The van der Waals surface area contributed by atoms with Crippen LogP contribution in [0.15, 0.2) is 10.6 Å². The van der Waals surface area contributed by atoms with Crippen LogP contribution in [-0.2, 0) is 4.79 Å². The highest BCUT2D eigenvalue weighted by Crippen LogP contribution is 2.11. The molecule has 17 heavy (non-hydrogen) atoms. The summed E-state index contributed by atoms with van der Waals surface area (Å²) in [6.45, 7) is 8.86. The third-order valence-corrected chi connectivity index (χ3v) is 2.29. The molecule has 1 heterocycles. The van der Waals surface area contributed by atoms with E-state index in [9.17, 15) is 4.79 Å². The molecule has 5 heteroatoms. The topological polar surface area (TPSA) is 67.2 Å². The average molecular weight is 239 g/mol. The lowest BCUT2D eigenvalue weighted by molar-refractivity contribution is -0.120. The molecular weight excluding hydrogens is 218 g/mol. The Morgan fingerprint density at radius 3 is 2.71 bits per heavy atom. The lowest BCUT2D eigenvalue weighted by Crippen LogP contribution is -2.36. The number of oxazole rings is 1. The van der Waals surface area contributed by atoms with Crippen molar-refractivity contribution < 1.29 is 9.21 Å². The van der Waals surface area contributed by atoms with Gasteiger partial charge in [0.15, 0.2) is 0 Å². The molecule has 0 spiro atoms. The van der Waals surface area contributed by atoms with Gasteiger partial charge in [-0.25, -0.2) is 4.98 Å². The molecule has 0 aliphatic heterocycles. The Morgan fingerprint density at radius 2 is 2.18 bits per heavy atom. The van der Waals surface area contributed by atoms with Gasteiger partial charge in [0, 0.05) is 6.54 Å². The van der Waals surface area contributed by atoms with Crippen molar-refractivity contribution >= 4 is 5.91 Å². The van der Waals surface area contributed by atoms with Crippen molar-refractivity contribution in [1.29, 1.82) is 0 Å². The minimum Gasteiger partial charge on any atom is -0.444 e. The van der Waals surface area contributed by atoms with Gasteiger partial charge in [-0.05, 0) is 19.8 Å². The van der Waals surface area contributed by atoms with Gasteiger partial charge in [-0.15, -0.1) is 0 Å². The molecule has 96 valence electrons. The van der Waals surface area contributed by atoms with Gasteiger partial charge >= 0.3 is 0 Å². The molecule has 0 saturated carbocycles. The van der Waals surface area contributed by atoms with E-state index >= 15 is 0 Å². The van der Waals surface area contributed by atoms with Gasteiger partial charge in [0.1, 0.15) is 5.76 Å². The molecule has 2 N–H and O–H groups in total. The second kappa shape index (κ2) is 6.39. The largest absolute Gasteiger partial charge is 0.444 e. The highest BCUT2D eigenvalue weighted by atomic mass is 16.4. The summed E-state index contributed by atoms with van der Waals surface area (Å²) in [7, 11) is 0. The maximum absolute atomic E-state index is 11.5. The summed E-state index contributed by atoms with van der Waals surface area (Å²) in [6.07, 6.45) is 1.67. The Morgan fingerprint density at radius 1 is 1.47 bits per heavy atom. The van der Waals surface area contributed by atoms with Gasteiger partial charge in [0.2, 0.25) is 11.8 Å². The predicted octanol–water partition coefficient (Wildman–Crippen LogP) is 1.41. The van der Waals surface area contributed by atoms with Crippen LogP contribution in [0.2, 0.25) is 0 Å². The van der Waals surface area contributed by atoms with Crippen LogP contribution in [0, 0.1) is 12.8 Å². The zero-order valence-electron chi connectivity index (χ0n) is 10.9. The van der Waals surface area contributed by atoms with Gasteiger partial charge in [-0.2, -0.15) is 0 Å². The van der Waals surface area contributed by atoms with Crippen molar-refractivity contribution in [2.24, 2.45) is 5.92 Å². The van der Waals surface area contributed by atoms with Crippen molar-refractivity contribution in [3.8, 4) is 0 Å². The Labute approximate surface area is 102 Å². The first-order valence-corrected chi connectivity index (χ1v) is 5.91. The number of amides is 1. The second-order valence-electron chi connectivity index (χ2n) is 4.61. The van der Waals surface area contributed by atoms with E-state index in [-0.39, 0.29) is 18.5 Å². The molecule has 0 aliphatic rings. The number of aromatic nitrogens is 1. The molecule has 1 atom stereocenters. The summed E-state index contributed by atoms with van der Waals surface area (Å²) in [5, 5.41) is 5.91. The number of hydrogen-bond acceptors (Lipinski definition) is 4. The quantitative estimate of drug-likeness (QED) is 0.787. The molecule has 0 aromatic carbocycles. The van der Waals surface area contributed by atoms with Crippen LogP contribution in [0.5, 0.6) is 0 Å². The van der Waals surface area contributed by atoms with Crippen LogP contribution in [0.4, 0.5) is 0 Å². The Balaban J connectivity index is 2.28. The number of aryl methyl sites for hydroxylation is 1. The van der Waals surface area contributed by atoms with E-state index in [1.807, 2.05) is 13.8 Å². The summed E-state index contributed by atoms with van der Waals surface area (Å²) in [5.41, 5.74) is 0. The molecule has 1 aromatic rings. The van der Waals surface area contributed by atoms with E-state index < -0.39 is 0 Å².